The van der Waals surface area contributed by atoms with Crippen LogP contribution in [0.4, 0.5) is 14.5 Å². The summed E-state index contributed by atoms with van der Waals surface area (Å²) in [5.41, 5.74) is 3.63. The number of imidazole rings is 1. The Morgan fingerprint density at radius 2 is 2.16 bits per heavy atom. The zero-order chi connectivity index (χ0) is 22.5. The molecule has 4 heterocycles. The van der Waals surface area contributed by atoms with Crippen LogP contribution in [-0.4, -0.2) is 54.4 Å². The molecule has 1 saturated heterocycles. The van der Waals surface area contributed by atoms with Crippen LogP contribution >= 0.6 is 0 Å². The van der Waals surface area contributed by atoms with E-state index in [4.69, 9.17) is 0 Å². The fourth-order valence-electron chi connectivity index (χ4n) is 4.34. The number of nitrogens with zero attached hydrogens (tertiary/aromatic N) is 7. The molecule has 0 bridgehead atoms. The first-order valence-electron chi connectivity index (χ1n) is 10.6. The van der Waals surface area contributed by atoms with E-state index < -0.39 is 11.8 Å². The van der Waals surface area contributed by atoms with E-state index in [1.165, 1.54) is 4.68 Å². The number of aromatic nitrogens is 6. The maximum Gasteiger partial charge on any atom is 0.274 e. The summed E-state index contributed by atoms with van der Waals surface area (Å²) in [7, 11) is 1.95. The van der Waals surface area contributed by atoms with Gasteiger partial charge in [-0.1, -0.05) is 12.1 Å². The van der Waals surface area contributed by atoms with Crippen molar-refractivity contribution in [2.24, 2.45) is 13.0 Å². The third kappa shape index (κ3) is 3.71. The zero-order valence-electron chi connectivity index (χ0n) is 17.9. The zero-order valence-corrected chi connectivity index (χ0v) is 17.9. The Labute approximate surface area is 183 Å². The summed E-state index contributed by atoms with van der Waals surface area (Å²) in [5.74, 6) is -3.67. The molecule has 2 atom stereocenters. The minimum Gasteiger partial charge on any atom is -0.364 e. The van der Waals surface area contributed by atoms with Crippen LogP contribution < -0.4 is 10.2 Å². The molecule has 0 aromatic carbocycles. The molecule has 1 aliphatic carbocycles. The van der Waals surface area contributed by atoms with Crippen molar-refractivity contribution in [3.63, 3.8) is 0 Å². The summed E-state index contributed by atoms with van der Waals surface area (Å²) in [6.07, 6.45) is 6.61. The number of amides is 1. The minimum atomic E-state index is -2.69. The molecule has 168 valence electrons. The predicted molar refractivity (Wildman–Crippen MR) is 111 cm³/mol. The number of pyridine rings is 1. The molecule has 1 unspecified atom stereocenters. The van der Waals surface area contributed by atoms with Gasteiger partial charge < -0.3 is 14.8 Å². The van der Waals surface area contributed by atoms with Gasteiger partial charge >= 0.3 is 0 Å². The third-order valence-corrected chi connectivity index (χ3v) is 6.28. The van der Waals surface area contributed by atoms with Crippen molar-refractivity contribution in [3.8, 4) is 0 Å². The van der Waals surface area contributed by atoms with Crippen LogP contribution in [0, 0.1) is 5.92 Å². The van der Waals surface area contributed by atoms with Gasteiger partial charge in [0.15, 0.2) is 5.69 Å². The van der Waals surface area contributed by atoms with Crippen LogP contribution in [0.15, 0.2) is 30.9 Å². The lowest BCUT2D eigenvalue weighted by Gasteiger charge is -2.17. The quantitative estimate of drug-likeness (QED) is 0.649. The maximum absolute atomic E-state index is 13.8. The van der Waals surface area contributed by atoms with E-state index >= 15 is 0 Å². The topological polar surface area (TPSA) is 93.8 Å². The number of carbonyl (C=O) groups is 1. The summed E-state index contributed by atoms with van der Waals surface area (Å²) in [5, 5.41) is 11.0. The van der Waals surface area contributed by atoms with Crippen LogP contribution in [0.1, 0.15) is 47.0 Å². The van der Waals surface area contributed by atoms with Crippen molar-refractivity contribution in [1.82, 2.24) is 34.8 Å². The average Bonchev–Trinajstić information content (AvgIpc) is 3.51. The fourth-order valence-corrected chi connectivity index (χ4v) is 4.34. The number of hydrogen-bond acceptors (Lipinski definition) is 6. The second kappa shape index (κ2) is 7.64. The number of carbonyl (C=O) groups excluding carboxylic acids is 1. The lowest BCUT2D eigenvalue weighted by molar-refractivity contribution is -0.0137. The number of rotatable bonds is 5. The van der Waals surface area contributed by atoms with Gasteiger partial charge in [-0.05, 0) is 25.0 Å². The summed E-state index contributed by atoms with van der Waals surface area (Å²) in [4.78, 5) is 23.0. The SMILES string of the molecule is CC1CN(c2ccc(Cn3cc(C(=O)N[C@@H]4CCc5c4ncn5C)nn3)nc2)CC1(F)F. The van der Waals surface area contributed by atoms with E-state index in [2.05, 4.69) is 25.6 Å². The summed E-state index contributed by atoms with van der Waals surface area (Å²) < 4.78 is 31.1. The molecule has 32 heavy (non-hydrogen) atoms. The molecular formula is C21H24F2N8O. The Hall–Kier alpha value is -3.37. The standard InChI is InChI=1S/C21H24F2N8O/c1-13-8-30(11-21(13,22)23)15-4-3-14(24-7-15)9-31-10-17(27-28-31)20(32)26-16-5-6-18-19(16)25-12-29(18)2/h3-4,7,10,12-13,16H,5-6,8-9,11H2,1-2H3,(H,26,32)/t13?,16-/m1/s1. The van der Waals surface area contributed by atoms with Gasteiger partial charge in [0, 0.05) is 25.2 Å². The van der Waals surface area contributed by atoms with E-state index in [-0.39, 0.29) is 24.2 Å². The Morgan fingerprint density at radius 3 is 2.88 bits per heavy atom. The van der Waals surface area contributed by atoms with Gasteiger partial charge in [-0.15, -0.1) is 5.10 Å². The maximum atomic E-state index is 13.8. The van der Waals surface area contributed by atoms with Crippen molar-refractivity contribution in [2.75, 3.05) is 18.0 Å². The highest BCUT2D eigenvalue weighted by molar-refractivity contribution is 5.92. The first-order chi connectivity index (χ1) is 15.3. The van der Waals surface area contributed by atoms with Crippen molar-refractivity contribution in [3.05, 3.63) is 53.6 Å². The van der Waals surface area contributed by atoms with Crippen molar-refractivity contribution < 1.29 is 13.6 Å². The van der Waals surface area contributed by atoms with Crippen LogP contribution in [-0.2, 0) is 20.0 Å². The molecule has 2 aliphatic rings. The van der Waals surface area contributed by atoms with Gasteiger partial charge in [-0.2, -0.15) is 0 Å². The Morgan fingerprint density at radius 1 is 1.31 bits per heavy atom. The molecule has 3 aromatic rings. The van der Waals surface area contributed by atoms with Crippen LogP contribution in [0.3, 0.4) is 0 Å². The number of aryl methyl sites for hydroxylation is 1. The summed E-state index contributed by atoms with van der Waals surface area (Å²) in [6, 6.07) is 3.43. The molecule has 1 fully saturated rings. The Bertz CT molecular complexity index is 1140. The van der Waals surface area contributed by atoms with E-state index in [1.54, 1.807) is 42.7 Å². The van der Waals surface area contributed by atoms with Gasteiger partial charge in [0.1, 0.15) is 0 Å². The normalized spacial score (nSPS) is 21.7. The first kappa shape index (κ1) is 20.5. The van der Waals surface area contributed by atoms with Crippen molar-refractivity contribution in [2.45, 2.75) is 38.3 Å². The highest BCUT2D eigenvalue weighted by Crippen LogP contribution is 2.35. The number of fused-ring (bicyclic) bond motifs is 1. The van der Waals surface area contributed by atoms with E-state index in [0.29, 0.717) is 24.5 Å². The fraction of sp³-hybridized carbons (Fsp3) is 0.476. The molecule has 1 amide bonds. The molecule has 3 aromatic heterocycles. The number of anilines is 1. The van der Waals surface area contributed by atoms with Gasteiger partial charge in [0.2, 0.25) is 0 Å². The number of nitrogens with one attached hydrogen (secondary N) is 1. The van der Waals surface area contributed by atoms with Crippen LogP contribution in [0.2, 0.25) is 0 Å². The smallest absolute Gasteiger partial charge is 0.274 e. The first-order valence-corrected chi connectivity index (χ1v) is 10.6. The largest absolute Gasteiger partial charge is 0.364 e. The monoisotopic (exact) mass is 442 g/mol. The molecule has 1 aliphatic heterocycles. The van der Waals surface area contributed by atoms with E-state index in [1.807, 2.05) is 11.6 Å². The average molecular weight is 442 g/mol. The molecule has 9 nitrogen and oxygen atoms in total. The number of hydrogen-bond donors (Lipinski definition) is 1. The van der Waals surface area contributed by atoms with Gasteiger partial charge in [0.05, 0.1) is 54.9 Å². The van der Waals surface area contributed by atoms with Gasteiger partial charge in [-0.25, -0.2) is 18.4 Å². The lowest BCUT2D eigenvalue weighted by Crippen LogP contribution is -2.27. The Kier molecular flexibility index (Phi) is 4.90. The molecule has 1 N–H and O–H groups in total. The van der Waals surface area contributed by atoms with Gasteiger partial charge in [0.25, 0.3) is 11.8 Å². The molecule has 0 saturated carbocycles. The van der Waals surface area contributed by atoms with Crippen molar-refractivity contribution >= 4 is 11.6 Å². The number of alkyl halides is 2. The van der Waals surface area contributed by atoms with Gasteiger partial charge in [-0.3, -0.25) is 9.78 Å². The molecule has 5 rings (SSSR count). The lowest BCUT2D eigenvalue weighted by atomic mass is 10.1. The molecular weight excluding hydrogens is 418 g/mol. The third-order valence-electron chi connectivity index (χ3n) is 6.28. The van der Waals surface area contributed by atoms with E-state index in [9.17, 15) is 13.6 Å². The van der Waals surface area contributed by atoms with E-state index in [0.717, 1.165) is 24.2 Å². The second-order valence-electron chi connectivity index (χ2n) is 8.60. The molecule has 0 spiro atoms. The van der Waals surface area contributed by atoms with Crippen LogP contribution in [0.25, 0.3) is 0 Å². The Balaban J connectivity index is 1.20. The highest BCUT2D eigenvalue weighted by Gasteiger charge is 2.45. The van der Waals surface area contributed by atoms with Crippen LogP contribution in [0.5, 0.6) is 0 Å². The summed E-state index contributed by atoms with van der Waals surface area (Å²) in [6.45, 7) is 1.89. The minimum absolute atomic E-state index is 0.126. The van der Waals surface area contributed by atoms with Crippen molar-refractivity contribution in [1.29, 1.82) is 0 Å². The highest BCUT2D eigenvalue weighted by atomic mass is 19.3. The second-order valence-corrected chi connectivity index (χ2v) is 8.60. The molecule has 11 heteroatoms. The molecule has 0 radical (unpaired) electrons. The number of halogens is 2. The summed E-state index contributed by atoms with van der Waals surface area (Å²) >= 11 is 0. The predicted octanol–water partition coefficient (Wildman–Crippen LogP) is 1.96.